The highest BCUT2D eigenvalue weighted by Crippen LogP contribution is 2.30. The predicted octanol–water partition coefficient (Wildman–Crippen LogP) is 4.28. The summed E-state index contributed by atoms with van der Waals surface area (Å²) in [7, 11) is 0. The Morgan fingerprint density at radius 1 is 0.935 bits per heavy atom. The molecule has 1 amide bonds. The summed E-state index contributed by atoms with van der Waals surface area (Å²) >= 11 is 0. The first kappa shape index (κ1) is 19.8. The number of benzene rings is 3. The van der Waals surface area contributed by atoms with E-state index in [1.54, 1.807) is 6.26 Å². The Kier molecular flexibility index (Phi) is 5.69. The van der Waals surface area contributed by atoms with Crippen molar-refractivity contribution in [3.05, 3.63) is 83.6 Å². The number of carbonyl (C=O) groups excluding carboxylic acids is 1. The Bertz CT molecular complexity index is 1190. The zero-order valence-corrected chi connectivity index (χ0v) is 17.5. The maximum Gasteiger partial charge on any atom is 0.224 e. The Balaban J connectivity index is 1.21. The molecule has 1 fully saturated rings. The number of carbonyl (C=O) groups is 1. The van der Waals surface area contributed by atoms with Gasteiger partial charge in [0.2, 0.25) is 5.91 Å². The Morgan fingerprint density at radius 3 is 2.55 bits per heavy atom. The van der Waals surface area contributed by atoms with Gasteiger partial charge in [-0.1, -0.05) is 54.6 Å². The summed E-state index contributed by atoms with van der Waals surface area (Å²) in [5.41, 5.74) is 4.12. The van der Waals surface area contributed by atoms with Gasteiger partial charge in [-0.3, -0.25) is 9.69 Å². The molecule has 0 spiro atoms. The van der Waals surface area contributed by atoms with Gasteiger partial charge in [0, 0.05) is 37.1 Å². The van der Waals surface area contributed by atoms with Gasteiger partial charge >= 0.3 is 0 Å². The molecular formula is C26H26N2O3. The van der Waals surface area contributed by atoms with E-state index < -0.39 is 0 Å². The van der Waals surface area contributed by atoms with Crippen LogP contribution in [0.4, 0.5) is 0 Å². The molecule has 0 aliphatic carbocycles. The first-order valence-electron chi connectivity index (χ1n) is 10.8. The molecule has 0 bridgehead atoms. The molecule has 1 aromatic heterocycles. The normalized spacial score (nSPS) is 14.8. The number of nitrogens with zero attached hydrogens (tertiary/aromatic N) is 1. The zero-order chi connectivity index (χ0) is 21.0. The van der Waals surface area contributed by atoms with E-state index >= 15 is 0 Å². The van der Waals surface area contributed by atoms with Gasteiger partial charge in [0.1, 0.15) is 5.58 Å². The SMILES string of the molecule is O=C(Cc1coc2ccc3ccccc3c12)NCc1ccc(CN2CCOCC2)cc1. The third-order valence-electron chi connectivity index (χ3n) is 5.91. The topological polar surface area (TPSA) is 54.7 Å². The molecular weight excluding hydrogens is 388 g/mol. The largest absolute Gasteiger partial charge is 0.464 e. The van der Waals surface area contributed by atoms with Crippen molar-refractivity contribution in [2.75, 3.05) is 26.3 Å². The maximum atomic E-state index is 12.6. The van der Waals surface area contributed by atoms with Gasteiger partial charge in [-0.25, -0.2) is 0 Å². The molecule has 5 nitrogen and oxygen atoms in total. The Labute approximate surface area is 181 Å². The van der Waals surface area contributed by atoms with E-state index in [0.717, 1.165) is 65.7 Å². The van der Waals surface area contributed by atoms with Crippen molar-refractivity contribution >= 4 is 27.6 Å². The van der Waals surface area contributed by atoms with Crippen molar-refractivity contribution in [3.63, 3.8) is 0 Å². The molecule has 3 aromatic carbocycles. The average molecular weight is 415 g/mol. The Hall–Kier alpha value is -3.15. The zero-order valence-electron chi connectivity index (χ0n) is 17.5. The summed E-state index contributed by atoms with van der Waals surface area (Å²) in [6.07, 6.45) is 2.01. The van der Waals surface area contributed by atoms with Crippen LogP contribution < -0.4 is 5.32 Å². The number of hydrogen-bond donors (Lipinski definition) is 1. The number of rotatable bonds is 6. The van der Waals surface area contributed by atoms with Crippen molar-refractivity contribution in [2.24, 2.45) is 0 Å². The number of furan rings is 1. The molecule has 0 unspecified atom stereocenters. The van der Waals surface area contributed by atoms with Crippen molar-refractivity contribution in [3.8, 4) is 0 Å². The third kappa shape index (κ3) is 4.48. The fourth-order valence-electron chi connectivity index (χ4n) is 4.22. The second-order valence-corrected chi connectivity index (χ2v) is 8.08. The lowest BCUT2D eigenvalue weighted by molar-refractivity contribution is -0.120. The minimum absolute atomic E-state index is 0.00646. The van der Waals surface area contributed by atoms with Crippen LogP contribution in [0, 0.1) is 0 Å². The van der Waals surface area contributed by atoms with Crippen LogP contribution in [0.5, 0.6) is 0 Å². The lowest BCUT2D eigenvalue weighted by Gasteiger charge is -2.26. The molecule has 1 saturated heterocycles. The summed E-state index contributed by atoms with van der Waals surface area (Å²) in [4.78, 5) is 15.0. The highest BCUT2D eigenvalue weighted by atomic mass is 16.5. The van der Waals surface area contributed by atoms with Crippen LogP contribution in [0.3, 0.4) is 0 Å². The first-order valence-corrected chi connectivity index (χ1v) is 10.8. The van der Waals surface area contributed by atoms with Gasteiger partial charge in [0.15, 0.2) is 0 Å². The summed E-state index contributed by atoms with van der Waals surface area (Å²) in [6, 6.07) is 20.7. The minimum Gasteiger partial charge on any atom is -0.464 e. The third-order valence-corrected chi connectivity index (χ3v) is 5.91. The molecule has 2 heterocycles. The number of hydrogen-bond acceptors (Lipinski definition) is 4. The number of amides is 1. The number of morpholine rings is 1. The Morgan fingerprint density at radius 2 is 1.71 bits per heavy atom. The second kappa shape index (κ2) is 8.92. The lowest BCUT2D eigenvalue weighted by Crippen LogP contribution is -2.35. The molecule has 5 heteroatoms. The minimum atomic E-state index is -0.00646. The van der Waals surface area contributed by atoms with Gasteiger partial charge in [0.25, 0.3) is 0 Å². The second-order valence-electron chi connectivity index (χ2n) is 8.08. The fraction of sp³-hybridized carbons (Fsp3) is 0.269. The van der Waals surface area contributed by atoms with E-state index in [2.05, 4.69) is 46.6 Å². The van der Waals surface area contributed by atoms with Gasteiger partial charge < -0.3 is 14.5 Å². The van der Waals surface area contributed by atoms with Crippen LogP contribution in [0.25, 0.3) is 21.7 Å². The number of nitrogens with one attached hydrogen (secondary N) is 1. The quantitative estimate of drug-likeness (QED) is 0.512. The molecule has 1 aliphatic rings. The van der Waals surface area contributed by atoms with Gasteiger partial charge in [0.05, 0.1) is 25.9 Å². The van der Waals surface area contributed by atoms with E-state index in [-0.39, 0.29) is 5.91 Å². The van der Waals surface area contributed by atoms with Crippen LogP contribution in [0.1, 0.15) is 16.7 Å². The smallest absolute Gasteiger partial charge is 0.224 e. The van der Waals surface area contributed by atoms with Crippen molar-refractivity contribution < 1.29 is 13.9 Å². The number of fused-ring (bicyclic) bond motifs is 3. The lowest BCUT2D eigenvalue weighted by atomic mass is 10.0. The van der Waals surface area contributed by atoms with Crippen molar-refractivity contribution in [1.82, 2.24) is 10.2 Å². The average Bonchev–Trinajstić information content (AvgIpc) is 3.22. The van der Waals surface area contributed by atoms with Gasteiger partial charge in [-0.15, -0.1) is 0 Å². The summed E-state index contributed by atoms with van der Waals surface area (Å²) in [5.74, 6) is -0.00646. The molecule has 0 saturated carbocycles. The van der Waals surface area contributed by atoms with Crippen LogP contribution in [0.15, 0.2) is 71.3 Å². The van der Waals surface area contributed by atoms with Crippen LogP contribution in [0.2, 0.25) is 0 Å². The van der Waals surface area contributed by atoms with Gasteiger partial charge in [-0.2, -0.15) is 0 Å². The van der Waals surface area contributed by atoms with Crippen molar-refractivity contribution in [2.45, 2.75) is 19.5 Å². The van der Waals surface area contributed by atoms with E-state index in [1.807, 2.05) is 24.3 Å². The summed E-state index contributed by atoms with van der Waals surface area (Å²) in [5, 5.41) is 6.34. The molecule has 1 aliphatic heterocycles. The van der Waals surface area contributed by atoms with Crippen LogP contribution in [-0.4, -0.2) is 37.1 Å². The summed E-state index contributed by atoms with van der Waals surface area (Å²) < 4.78 is 11.1. The molecule has 158 valence electrons. The maximum absolute atomic E-state index is 12.6. The van der Waals surface area contributed by atoms with E-state index in [1.165, 1.54) is 5.56 Å². The first-order chi connectivity index (χ1) is 15.3. The molecule has 0 atom stereocenters. The van der Waals surface area contributed by atoms with Crippen LogP contribution >= 0.6 is 0 Å². The van der Waals surface area contributed by atoms with Crippen LogP contribution in [-0.2, 0) is 29.0 Å². The molecule has 1 N–H and O–H groups in total. The standard InChI is InChI=1S/C26H26N2O3/c29-25(15-22-18-31-24-10-9-21-3-1-2-4-23(21)26(22)24)27-16-19-5-7-20(8-6-19)17-28-11-13-30-14-12-28/h1-10,18H,11-17H2,(H,27,29). The summed E-state index contributed by atoms with van der Waals surface area (Å²) in [6.45, 7) is 5.05. The molecule has 5 rings (SSSR count). The van der Waals surface area contributed by atoms with Gasteiger partial charge in [-0.05, 0) is 28.0 Å². The van der Waals surface area contributed by atoms with E-state index in [4.69, 9.17) is 9.15 Å². The molecule has 31 heavy (non-hydrogen) atoms. The molecule has 4 aromatic rings. The number of ether oxygens (including phenoxy) is 1. The molecule has 0 radical (unpaired) electrons. The fourth-order valence-corrected chi connectivity index (χ4v) is 4.22. The van der Waals surface area contributed by atoms with Crippen molar-refractivity contribution in [1.29, 1.82) is 0 Å². The van der Waals surface area contributed by atoms with E-state index in [0.29, 0.717) is 13.0 Å². The monoisotopic (exact) mass is 414 g/mol. The predicted molar refractivity (Wildman–Crippen MR) is 122 cm³/mol. The highest BCUT2D eigenvalue weighted by molar-refractivity contribution is 6.08. The highest BCUT2D eigenvalue weighted by Gasteiger charge is 2.13. The van der Waals surface area contributed by atoms with E-state index in [9.17, 15) is 4.79 Å².